The second-order valence-corrected chi connectivity index (χ2v) is 9.66. The summed E-state index contributed by atoms with van der Waals surface area (Å²) in [6.45, 7) is 3.67. The van der Waals surface area contributed by atoms with Crippen LogP contribution in [0, 0.1) is 0 Å². The molecular formula is C24H33N5O4. The number of aryl methyl sites for hydroxylation is 1. The van der Waals surface area contributed by atoms with Crippen molar-refractivity contribution in [2.24, 2.45) is 0 Å². The van der Waals surface area contributed by atoms with Crippen LogP contribution >= 0.6 is 0 Å². The summed E-state index contributed by atoms with van der Waals surface area (Å²) >= 11 is 0. The maximum atomic E-state index is 12.6. The molecule has 2 unspecified atom stereocenters. The monoisotopic (exact) mass is 455 g/mol. The number of ether oxygens (including phenoxy) is 1. The second-order valence-electron chi connectivity index (χ2n) is 9.66. The topological polar surface area (TPSA) is 121 Å². The minimum absolute atomic E-state index is 0.129. The lowest BCUT2D eigenvalue weighted by atomic mass is 10.2. The van der Waals surface area contributed by atoms with Gasteiger partial charge in [0.2, 0.25) is 5.91 Å². The zero-order valence-electron chi connectivity index (χ0n) is 19.5. The average Bonchev–Trinajstić information content (AvgIpc) is 3.40. The van der Waals surface area contributed by atoms with Gasteiger partial charge in [-0.15, -0.1) is 0 Å². The molecule has 0 radical (unpaired) electrons. The first-order valence-electron chi connectivity index (χ1n) is 11.6. The second kappa shape index (κ2) is 9.61. The van der Waals surface area contributed by atoms with Gasteiger partial charge in [-0.3, -0.25) is 9.78 Å². The van der Waals surface area contributed by atoms with Crippen LogP contribution in [0.4, 0.5) is 5.82 Å². The van der Waals surface area contributed by atoms with Gasteiger partial charge in [-0.1, -0.05) is 0 Å². The summed E-state index contributed by atoms with van der Waals surface area (Å²) < 4.78 is 5.70. The highest BCUT2D eigenvalue weighted by Gasteiger charge is 2.28. The molecule has 178 valence electrons. The van der Waals surface area contributed by atoms with Crippen LogP contribution in [0.3, 0.4) is 0 Å². The molecular weight excluding hydrogens is 422 g/mol. The fourth-order valence-corrected chi connectivity index (χ4v) is 4.38. The van der Waals surface area contributed by atoms with Crippen LogP contribution in [0.5, 0.6) is 5.75 Å². The molecule has 4 rings (SSSR count). The Hall–Kier alpha value is -2.78. The minimum Gasteiger partial charge on any atom is -0.490 e. The largest absolute Gasteiger partial charge is 0.490 e. The predicted octanol–water partition coefficient (Wildman–Crippen LogP) is 1.64. The Morgan fingerprint density at radius 1 is 1.27 bits per heavy atom. The average molecular weight is 456 g/mol. The van der Waals surface area contributed by atoms with Crippen molar-refractivity contribution >= 4 is 11.7 Å². The van der Waals surface area contributed by atoms with Crippen molar-refractivity contribution in [3.63, 3.8) is 0 Å². The van der Waals surface area contributed by atoms with Gasteiger partial charge in [0, 0.05) is 30.6 Å². The first-order chi connectivity index (χ1) is 15.7. The quantitative estimate of drug-likeness (QED) is 0.549. The molecule has 0 saturated heterocycles. The number of nitrogens with one attached hydrogen (secondary N) is 1. The van der Waals surface area contributed by atoms with Crippen LogP contribution in [-0.2, 0) is 17.6 Å². The van der Waals surface area contributed by atoms with E-state index in [4.69, 9.17) is 14.7 Å². The van der Waals surface area contributed by atoms with Gasteiger partial charge < -0.3 is 25.2 Å². The lowest BCUT2D eigenvalue weighted by Crippen LogP contribution is -2.44. The fourth-order valence-electron chi connectivity index (χ4n) is 4.38. The van der Waals surface area contributed by atoms with E-state index in [1.165, 1.54) is 0 Å². The Kier molecular flexibility index (Phi) is 6.81. The van der Waals surface area contributed by atoms with E-state index in [0.717, 1.165) is 55.6 Å². The lowest BCUT2D eigenvalue weighted by Gasteiger charge is -2.23. The molecule has 2 heterocycles. The van der Waals surface area contributed by atoms with Crippen LogP contribution < -0.4 is 15.0 Å². The number of carbonyl (C=O) groups is 1. The van der Waals surface area contributed by atoms with E-state index in [1.54, 1.807) is 32.2 Å². The van der Waals surface area contributed by atoms with Gasteiger partial charge in [0.05, 0.1) is 24.3 Å². The maximum Gasteiger partial charge on any atom is 0.239 e. The SMILES string of the molecule is CN(CC(=O)NC1CCCC1O)c1nc(-c2cc(OCC(C)(C)O)ccn2)nc2c1CCC2. The molecule has 0 bridgehead atoms. The molecule has 2 aliphatic carbocycles. The molecule has 33 heavy (non-hydrogen) atoms. The number of amides is 1. The number of aliphatic hydroxyl groups is 2. The van der Waals surface area contributed by atoms with E-state index in [-0.39, 0.29) is 25.1 Å². The molecule has 9 heteroatoms. The molecule has 1 saturated carbocycles. The number of aliphatic hydroxyl groups excluding tert-OH is 1. The van der Waals surface area contributed by atoms with Crippen LogP contribution in [0.1, 0.15) is 50.8 Å². The van der Waals surface area contributed by atoms with Gasteiger partial charge in [-0.25, -0.2) is 9.97 Å². The van der Waals surface area contributed by atoms with Crippen LogP contribution in [0.25, 0.3) is 11.5 Å². The van der Waals surface area contributed by atoms with Gasteiger partial charge in [-0.05, 0) is 58.4 Å². The van der Waals surface area contributed by atoms with Crippen LogP contribution in [-0.4, -0.2) is 69.0 Å². The highest BCUT2D eigenvalue weighted by molar-refractivity contribution is 5.81. The smallest absolute Gasteiger partial charge is 0.239 e. The van der Waals surface area contributed by atoms with Crippen molar-refractivity contribution in [1.82, 2.24) is 20.3 Å². The first kappa shape index (κ1) is 23.4. The van der Waals surface area contributed by atoms with Gasteiger partial charge >= 0.3 is 0 Å². The number of fused-ring (bicyclic) bond motifs is 1. The van der Waals surface area contributed by atoms with E-state index in [1.807, 2.05) is 11.9 Å². The van der Waals surface area contributed by atoms with Crippen LogP contribution in [0.15, 0.2) is 18.3 Å². The van der Waals surface area contributed by atoms with Crippen molar-refractivity contribution in [3.8, 4) is 17.3 Å². The zero-order valence-corrected chi connectivity index (χ0v) is 19.5. The molecule has 1 amide bonds. The Labute approximate surface area is 194 Å². The molecule has 2 aliphatic rings. The summed E-state index contributed by atoms with van der Waals surface area (Å²) in [4.78, 5) is 28.4. The fraction of sp³-hybridized carbons (Fsp3) is 0.583. The van der Waals surface area contributed by atoms with Crippen LogP contribution in [0.2, 0.25) is 0 Å². The van der Waals surface area contributed by atoms with Gasteiger partial charge in [0.1, 0.15) is 23.9 Å². The number of pyridine rings is 1. The first-order valence-corrected chi connectivity index (χ1v) is 11.6. The van der Waals surface area contributed by atoms with Gasteiger partial charge in [-0.2, -0.15) is 0 Å². The third-order valence-corrected chi connectivity index (χ3v) is 6.03. The molecule has 3 N–H and O–H groups in total. The molecule has 2 aromatic heterocycles. The third-order valence-electron chi connectivity index (χ3n) is 6.03. The molecule has 0 aliphatic heterocycles. The Bertz CT molecular complexity index is 1010. The highest BCUT2D eigenvalue weighted by atomic mass is 16.5. The minimum atomic E-state index is -0.946. The number of anilines is 1. The summed E-state index contributed by atoms with van der Waals surface area (Å²) in [6, 6.07) is 3.33. The summed E-state index contributed by atoms with van der Waals surface area (Å²) in [5, 5.41) is 22.9. The van der Waals surface area contributed by atoms with Crippen molar-refractivity contribution < 1.29 is 19.7 Å². The molecule has 2 aromatic rings. The van der Waals surface area contributed by atoms with Crippen molar-refractivity contribution in [2.75, 3.05) is 25.1 Å². The van der Waals surface area contributed by atoms with Gasteiger partial charge in [0.25, 0.3) is 0 Å². The Morgan fingerprint density at radius 3 is 2.82 bits per heavy atom. The van der Waals surface area contributed by atoms with E-state index in [9.17, 15) is 15.0 Å². The molecule has 2 atom stereocenters. The molecule has 0 spiro atoms. The summed E-state index contributed by atoms with van der Waals surface area (Å²) in [7, 11) is 1.85. The third kappa shape index (κ3) is 5.78. The standard InChI is InChI=1S/C24H33N5O4/c1-24(2,32)14-33-15-10-11-25-19(12-15)22-27-17-7-4-6-16(17)23(28-22)29(3)13-21(31)26-18-8-5-9-20(18)30/h10-12,18,20,30,32H,4-9,13-14H2,1-3H3,(H,26,31). The summed E-state index contributed by atoms with van der Waals surface area (Å²) in [5.74, 6) is 1.67. The molecule has 9 nitrogen and oxygen atoms in total. The van der Waals surface area contributed by atoms with Crippen molar-refractivity contribution in [2.45, 2.75) is 70.1 Å². The maximum absolute atomic E-state index is 12.6. The summed E-state index contributed by atoms with van der Waals surface area (Å²) in [6.07, 6.45) is 6.37. The number of rotatable bonds is 8. The number of carbonyl (C=O) groups excluding carboxylic acids is 1. The predicted molar refractivity (Wildman–Crippen MR) is 124 cm³/mol. The number of nitrogens with zero attached hydrogens (tertiary/aromatic N) is 4. The molecule has 1 fully saturated rings. The van der Waals surface area contributed by atoms with E-state index in [0.29, 0.717) is 17.3 Å². The van der Waals surface area contributed by atoms with Crippen molar-refractivity contribution in [3.05, 3.63) is 29.6 Å². The van der Waals surface area contributed by atoms with E-state index < -0.39 is 11.7 Å². The summed E-state index contributed by atoms with van der Waals surface area (Å²) in [5.41, 5.74) is 1.69. The normalized spacial score (nSPS) is 19.9. The highest BCUT2D eigenvalue weighted by Crippen LogP contribution is 2.31. The Morgan fingerprint density at radius 2 is 2.09 bits per heavy atom. The number of hydrogen-bond acceptors (Lipinski definition) is 8. The van der Waals surface area contributed by atoms with E-state index in [2.05, 4.69) is 10.3 Å². The zero-order chi connectivity index (χ0) is 23.6. The van der Waals surface area contributed by atoms with Crippen molar-refractivity contribution in [1.29, 1.82) is 0 Å². The van der Waals surface area contributed by atoms with E-state index >= 15 is 0 Å². The van der Waals surface area contributed by atoms with Gasteiger partial charge in [0.15, 0.2) is 5.82 Å². The number of hydrogen-bond donors (Lipinski definition) is 3. The number of likely N-dealkylation sites (N-methyl/N-ethyl adjacent to an activating group) is 1. The Balaban J connectivity index is 1.54. The lowest BCUT2D eigenvalue weighted by molar-refractivity contribution is -0.121. The number of aromatic nitrogens is 3. The molecule has 0 aromatic carbocycles.